The first kappa shape index (κ1) is 18.7. The van der Waals surface area contributed by atoms with Crippen LogP contribution in [0.25, 0.3) is 0 Å². The molecule has 132 valence electrons. The van der Waals surface area contributed by atoms with Gasteiger partial charge in [-0.15, -0.1) is 0 Å². The van der Waals surface area contributed by atoms with Gasteiger partial charge in [-0.1, -0.05) is 48.0 Å². The summed E-state index contributed by atoms with van der Waals surface area (Å²) in [5.74, 6) is -2.91. The molecule has 0 aliphatic heterocycles. The van der Waals surface area contributed by atoms with E-state index in [0.29, 0.717) is 0 Å². The lowest BCUT2D eigenvalue weighted by Gasteiger charge is -2.17. The number of hydrogen-bond donors (Lipinski definition) is 0. The van der Waals surface area contributed by atoms with E-state index in [1.165, 1.54) is 24.3 Å². The topological polar surface area (TPSA) is 43.4 Å². The number of esters is 1. The van der Waals surface area contributed by atoms with Gasteiger partial charge in [0.05, 0.1) is 12.2 Å². The van der Waals surface area contributed by atoms with Crippen molar-refractivity contribution in [3.63, 3.8) is 0 Å². The van der Waals surface area contributed by atoms with Crippen LogP contribution in [0.4, 0.5) is 13.2 Å². The van der Waals surface area contributed by atoms with Crippen LogP contribution in [0.3, 0.4) is 0 Å². The highest BCUT2D eigenvalue weighted by Crippen LogP contribution is 2.32. The summed E-state index contributed by atoms with van der Waals surface area (Å²) in [6, 6.07) is 10.7. The summed E-state index contributed by atoms with van der Waals surface area (Å²) >= 11 is 0. The number of ketones is 1. The van der Waals surface area contributed by atoms with Gasteiger partial charge in [-0.2, -0.15) is 13.2 Å². The summed E-state index contributed by atoms with van der Waals surface area (Å²) in [5, 5.41) is 0. The van der Waals surface area contributed by atoms with E-state index in [-0.39, 0.29) is 17.7 Å². The Kier molecular flexibility index (Phi) is 5.62. The zero-order valence-electron chi connectivity index (χ0n) is 13.8. The average Bonchev–Trinajstić information content (AvgIpc) is 2.55. The molecule has 2 aromatic carbocycles. The summed E-state index contributed by atoms with van der Waals surface area (Å²) in [7, 11) is 0. The van der Waals surface area contributed by atoms with Gasteiger partial charge in [-0.25, -0.2) is 0 Å². The van der Waals surface area contributed by atoms with Crippen LogP contribution in [0.5, 0.6) is 0 Å². The summed E-state index contributed by atoms with van der Waals surface area (Å²) in [6.45, 7) is 3.43. The molecule has 6 heteroatoms. The zero-order chi connectivity index (χ0) is 18.6. The highest BCUT2D eigenvalue weighted by atomic mass is 19.4. The van der Waals surface area contributed by atoms with Gasteiger partial charge in [0, 0.05) is 5.56 Å². The number of aryl methyl sites for hydroxylation is 1. The van der Waals surface area contributed by atoms with E-state index < -0.39 is 29.4 Å². The third-order valence-corrected chi connectivity index (χ3v) is 3.67. The van der Waals surface area contributed by atoms with Crippen molar-refractivity contribution in [2.75, 3.05) is 6.61 Å². The van der Waals surface area contributed by atoms with Crippen LogP contribution in [0.2, 0.25) is 0 Å². The molecule has 3 nitrogen and oxygen atoms in total. The van der Waals surface area contributed by atoms with Crippen LogP contribution >= 0.6 is 0 Å². The Morgan fingerprint density at radius 2 is 1.72 bits per heavy atom. The fraction of sp³-hybridized carbons (Fsp3) is 0.263. The Hall–Kier alpha value is -2.63. The molecule has 2 rings (SSSR count). The first-order chi connectivity index (χ1) is 11.7. The number of carbonyl (C=O) groups excluding carboxylic acids is 2. The van der Waals surface area contributed by atoms with E-state index in [4.69, 9.17) is 4.74 Å². The second-order valence-electron chi connectivity index (χ2n) is 5.54. The minimum absolute atomic E-state index is 0.0233. The molecule has 0 radical (unpaired) electrons. The number of halogens is 3. The molecule has 0 aromatic heterocycles. The van der Waals surface area contributed by atoms with Crippen LogP contribution < -0.4 is 0 Å². The maximum Gasteiger partial charge on any atom is 0.416 e. The second-order valence-corrected chi connectivity index (χ2v) is 5.54. The summed E-state index contributed by atoms with van der Waals surface area (Å²) in [4.78, 5) is 25.0. The standard InChI is InChI=1S/C19H17F3O3/c1-3-25-18(24)16(17(23)13-9-7-12(2)8-10-13)14-5-4-6-15(11-14)19(20,21)22/h4-11,16H,3H2,1-2H3. The van der Waals surface area contributed by atoms with Crippen molar-refractivity contribution in [3.05, 3.63) is 70.8 Å². The number of Topliss-reactive ketones (excluding diaryl/α,β-unsaturated/α-hetero) is 1. The minimum atomic E-state index is -4.57. The summed E-state index contributed by atoms with van der Waals surface area (Å²) < 4.78 is 43.8. The van der Waals surface area contributed by atoms with Crippen LogP contribution in [-0.4, -0.2) is 18.4 Å². The predicted molar refractivity (Wildman–Crippen MR) is 86.3 cm³/mol. The Labute approximate surface area is 143 Å². The average molecular weight is 350 g/mol. The summed E-state index contributed by atoms with van der Waals surface area (Å²) in [5.41, 5.74) is 0.194. The Balaban J connectivity index is 2.48. The van der Waals surface area contributed by atoms with Crippen molar-refractivity contribution in [3.8, 4) is 0 Å². The third-order valence-electron chi connectivity index (χ3n) is 3.67. The zero-order valence-corrected chi connectivity index (χ0v) is 13.8. The fourth-order valence-electron chi connectivity index (χ4n) is 2.40. The molecule has 2 aromatic rings. The molecule has 1 unspecified atom stereocenters. The molecule has 0 saturated heterocycles. The van der Waals surface area contributed by atoms with E-state index in [2.05, 4.69) is 0 Å². The molecule has 25 heavy (non-hydrogen) atoms. The Morgan fingerprint density at radius 1 is 1.08 bits per heavy atom. The van der Waals surface area contributed by atoms with Crippen LogP contribution in [0.15, 0.2) is 48.5 Å². The molecule has 0 saturated carbocycles. The maximum atomic E-state index is 12.9. The first-order valence-corrected chi connectivity index (χ1v) is 7.68. The van der Waals surface area contributed by atoms with Crippen molar-refractivity contribution in [1.29, 1.82) is 0 Å². The molecule has 0 heterocycles. The lowest BCUT2D eigenvalue weighted by molar-refractivity contribution is -0.144. The number of benzene rings is 2. The SMILES string of the molecule is CCOC(=O)C(C(=O)c1ccc(C)cc1)c1cccc(C(F)(F)F)c1. The van der Waals surface area contributed by atoms with E-state index in [1.54, 1.807) is 19.1 Å². The molecule has 0 fully saturated rings. The van der Waals surface area contributed by atoms with Gasteiger partial charge < -0.3 is 4.74 Å². The minimum Gasteiger partial charge on any atom is -0.465 e. The number of ether oxygens (including phenoxy) is 1. The van der Waals surface area contributed by atoms with Gasteiger partial charge in [-0.3, -0.25) is 9.59 Å². The highest BCUT2D eigenvalue weighted by molar-refractivity contribution is 6.13. The smallest absolute Gasteiger partial charge is 0.416 e. The van der Waals surface area contributed by atoms with Crippen molar-refractivity contribution >= 4 is 11.8 Å². The predicted octanol–water partition coefficient (Wildman–Crippen LogP) is 4.54. The molecule has 1 atom stereocenters. The molecule has 0 aliphatic rings. The molecule has 0 aliphatic carbocycles. The van der Waals surface area contributed by atoms with Crippen molar-refractivity contribution in [1.82, 2.24) is 0 Å². The second kappa shape index (κ2) is 7.51. The van der Waals surface area contributed by atoms with Gasteiger partial charge in [0.25, 0.3) is 0 Å². The van der Waals surface area contributed by atoms with Crippen molar-refractivity contribution < 1.29 is 27.5 Å². The molecule has 0 N–H and O–H groups in total. The Morgan fingerprint density at radius 3 is 2.28 bits per heavy atom. The van der Waals surface area contributed by atoms with Gasteiger partial charge in [0.1, 0.15) is 5.92 Å². The van der Waals surface area contributed by atoms with Gasteiger partial charge >= 0.3 is 12.1 Å². The monoisotopic (exact) mass is 350 g/mol. The molecular weight excluding hydrogens is 333 g/mol. The molecular formula is C19H17F3O3. The van der Waals surface area contributed by atoms with Crippen molar-refractivity contribution in [2.24, 2.45) is 0 Å². The number of carbonyl (C=O) groups is 2. The maximum absolute atomic E-state index is 12.9. The number of alkyl halides is 3. The molecule has 0 amide bonds. The first-order valence-electron chi connectivity index (χ1n) is 7.68. The summed E-state index contributed by atoms with van der Waals surface area (Å²) in [6.07, 6.45) is -4.57. The fourth-order valence-corrected chi connectivity index (χ4v) is 2.40. The van der Waals surface area contributed by atoms with Crippen LogP contribution in [0, 0.1) is 6.92 Å². The van der Waals surface area contributed by atoms with E-state index >= 15 is 0 Å². The van der Waals surface area contributed by atoms with Gasteiger partial charge in [0.2, 0.25) is 0 Å². The number of rotatable bonds is 5. The van der Waals surface area contributed by atoms with E-state index in [9.17, 15) is 22.8 Å². The number of hydrogen-bond acceptors (Lipinski definition) is 3. The molecule has 0 bridgehead atoms. The van der Waals surface area contributed by atoms with Gasteiger partial charge in [0.15, 0.2) is 5.78 Å². The lowest BCUT2D eigenvalue weighted by atomic mass is 9.89. The largest absolute Gasteiger partial charge is 0.465 e. The van der Waals surface area contributed by atoms with E-state index in [0.717, 1.165) is 17.7 Å². The van der Waals surface area contributed by atoms with E-state index in [1.807, 2.05) is 6.92 Å². The highest BCUT2D eigenvalue weighted by Gasteiger charge is 2.35. The van der Waals surface area contributed by atoms with Crippen LogP contribution in [0.1, 0.15) is 39.9 Å². The van der Waals surface area contributed by atoms with Crippen LogP contribution in [-0.2, 0) is 15.7 Å². The third kappa shape index (κ3) is 4.47. The normalized spacial score (nSPS) is 12.5. The Bertz CT molecular complexity index is 764. The lowest BCUT2D eigenvalue weighted by Crippen LogP contribution is -2.25. The quantitative estimate of drug-likeness (QED) is 0.452. The van der Waals surface area contributed by atoms with Crippen molar-refractivity contribution in [2.45, 2.75) is 25.9 Å². The molecule has 0 spiro atoms. The van der Waals surface area contributed by atoms with Gasteiger partial charge in [-0.05, 0) is 25.5 Å².